The van der Waals surface area contributed by atoms with Crippen molar-refractivity contribution in [2.45, 2.75) is 43.7 Å². The van der Waals surface area contributed by atoms with Gasteiger partial charge in [0.2, 0.25) is 5.09 Å². The van der Waals surface area contributed by atoms with E-state index in [-0.39, 0.29) is 16.6 Å². The van der Waals surface area contributed by atoms with E-state index in [1.807, 2.05) is 0 Å². The molecule has 0 bridgehead atoms. The van der Waals surface area contributed by atoms with Gasteiger partial charge in [0, 0.05) is 13.1 Å². The van der Waals surface area contributed by atoms with Crippen LogP contribution in [-0.4, -0.2) is 38.1 Å². The van der Waals surface area contributed by atoms with Crippen molar-refractivity contribution in [1.29, 1.82) is 0 Å². The number of nitrogens with zero attached hydrogens (tertiary/aromatic N) is 1. The number of furan rings is 1. The summed E-state index contributed by atoms with van der Waals surface area (Å²) in [6.07, 6.45) is -2.26. The number of hydrogen-bond donors (Lipinski definition) is 1. The van der Waals surface area contributed by atoms with Crippen molar-refractivity contribution >= 4 is 15.9 Å². The van der Waals surface area contributed by atoms with Crippen LogP contribution in [0.5, 0.6) is 5.75 Å². The minimum Gasteiger partial charge on any atom is -0.438 e. The zero-order chi connectivity index (χ0) is 21.9. The highest BCUT2D eigenvalue weighted by Gasteiger charge is 2.31. The second-order valence-corrected chi connectivity index (χ2v) is 8.76. The van der Waals surface area contributed by atoms with Gasteiger partial charge >= 0.3 is 6.36 Å². The standard InChI is InChI=1S/C19H21F3N2O5S/c1-13(14-5-7-15(8-6-14)29-19(20,21)22)23-18(25)16-9-10-17(28-16)30(26,27)24-11-3-2-4-12-24/h5-10,13H,2-4,11-12H2,1H3,(H,23,25). The molecule has 1 amide bonds. The summed E-state index contributed by atoms with van der Waals surface area (Å²) in [7, 11) is -3.79. The van der Waals surface area contributed by atoms with Crippen molar-refractivity contribution in [1.82, 2.24) is 9.62 Å². The Labute approximate surface area is 171 Å². The molecule has 2 heterocycles. The maximum absolute atomic E-state index is 12.6. The number of halogens is 3. The van der Waals surface area contributed by atoms with Gasteiger partial charge in [-0.1, -0.05) is 18.6 Å². The van der Waals surface area contributed by atoms with Crippen molar-refractivity contribution in [2.24, 2.45) is 0 Å². The van der Waals surface area contributed by atoms with Crippen molar-refractivity contribution in [3.8, 4) is 5.75 Å². The third-order valence-corrected chi connectivity index (χ3v) is 6.45. The average molecular weight is 446 g/mol. The van der Waals surface area contributed by atoms with Crippen LogP contribution in [0.4, 0.5) is 13.2 Å². The van der Waals surface area contributed by atoms with Gasteiger partial charge in [0.1, 0.15) is 5.75 Å². The van der Waals surface area contributed by atoms with Gasteiger partial charge in [-0.2, -0.15) is 4.31 Å². The van der Waals surface area contributed by atoms with Crippen LogP contribution < -0.4 is 10.1 Å². The van der Waals surface area contributed by atoms with Crippen molar-refractivity contribution in [3.05, 3.63) is 47.7 Å². The number of carbonyl (C=O) groups is 1. The molecule has 1 aromatic heterocycles. The van der Waals surface area contributed by atoms with Crippen LogP contribution in [0, 0.1) is 0 Å². The maximum Gasteiger partial charge on any atom is 0.573 e. The van der Waals surface area contributed by atoms with E-state index in [1.165, 1.54) is 28.6 Å². The molecule has 164 valence electrons. The molecule has 0 saturated carbocycles. The normalized spacial score (nSPS) is 16.8. The molecule has 1 aliphatic rings. The monoisotopic (exact) mass is 446 g/mol. The number of piperidine rings is 1. The summed E-state index contributed by atoms with van der Waals surface area (Å²) in [5, 5.41) is 2.32. The smallest absolute Gasteiger partial charge is 0.438 e. The lowest BCUT2D eigenvalue weighted by Crippen LogP contribution is -2.35. The Morgan fingerprint density at radius 1 is 1.10 bits per heavy atom. The molecule has 30 heavy (non-hydrogen) atoms. The molecule has 0 spiro atoms. The van der Waals surface area contributed by atoms with Gasteiger partial charge in [-0.3, -0.25) is 4.79 Å². The molecule has 1 aliphatic heterocycles. The average Bonchev–Trinajstić information content (AvgIpc) is 3.19. The van der Waals surface area contributed by atoms with Gasteiger partial charge in [-0.25, -0.2) is 8.42 Å². The molecule has 1 unspecified atom stereocenters. The van der Waals surface area contributed by atoms with Gasteiger partial charge in [-0.15, -0.1) is 13.2 Å². The third-order valence-electron chi connectivity index (χ3n) is 4.68. The van der Waals surface area contributed by atoms with E-state index >= 15 is 0 Å². The number of amides is 1. The fourth-order valence-corrected chi connectivity index (χ4v) is 4.55. The van der Waals surface area contributed by atoms with E-state index in [4.69, 9.17) is 4.42 Å². The first-order valence-corrected chi connectivity index (χ1v) is 10.8. The van der Waals surface area contributed by atoms with Gasteiger partial charge < -0.3 is 14.5 Å². The molecule has 3 rings (SSSR count). The molecule has 0 radical (unpaired) electrons. The van der Waals surface area contributed by atoms with Crippen LogP contribution in [0.3, 0.4) is 0 Å². The molecule has 11 heteroatoms. The van der Waals surface area contributed by atoms with Gasteiger partial charge in [0.15, 0.2) is 5.76 Å². The molecule has 1 aromatic carbocycles. The molecule has 7 nitrogen and oxygen atoms in total. The zero-order valence-corrected chi connectivity index (χ0v) is 16.9. The van der Waals surface area contributed by atoms with Gasteiger partial charge in [-0.05, 0) is 49.6 Å². The molecule has 1 saturated heterocycles. The molecule has 2 aromatic rings. The van der Waals surface area contributed by atoms with Gasteiger partial charge in [0.05, 0.1) is 6.04 Å². The van der Waals surface area contributed by atoms with Crippen molar-refractivity contribution < 1.29 is 35.5 Å². The number of ether oxygens (including phenoxy) is 1. The number of alkyl halides is 3. The summed E-state index contributed by atoms with van der Waals surface area (Å²) >= 11 is 0. The van der Waals surface area contributed by atoms with Crippen LogP contribution in [0.1, 0.15) is 48.3 Å². The predicted molar refractivity (Wildman–Crippen MR) is 100 cm³/mol. The van der Waals surface area contributed by atoms with E-state index in [0.717, 1.165) is 31.4 Å². The summed E-state index contributed by atoms with van der Waals surface area (Å²) in [6, 6.07) is 7.01. The first-order valence-electron chi connectivity index (χ1n) is 9.33. The Bertz CT molecular complexity index is 980. The number of carbonyl (C=O) groups excluding carboxylic acids is 1. The number of rotatable bonds is 6. The quantitative estimate of drug-likeness (QED) is 0.728. The second kappa shape index (κ2) is 8.68. The molecule has 0 aliphatic carbocycles. The Morgan fingerprint density at radius 2 is 1.73 bits per heavy atom. The Kier molecular flexibility index (Phi) is 6.41. The molecular formula is C19H21F3N2O5S. The highest BCUT2D eigenvalue weighted by Crippen LogP contribution is 2.25. The number of nitrogens with one attached hydrogen (secondary N) is 1. The van der Waals surface area contributed by atoms with Crippen molar-refractivity contribution in [3.63, 3.8) is 0 Å². The maximum atomic E-state index is 12.6. The number of sulfonamides is 1. The van der Waals surface area contributed by atoms with Crippen LogP contribution >= 0.6 is 0 Å². The fourth-order valence-electron chi connectivity index (χ4n) is 3.12. The summed E-state index contributed by atoms with van der Waals surface area (Å²) in [5.41, 5.74) is 0.533. The Morgan fingerprint density at radius 3 is 2.33 bits per heavy atom. The Balaban J connectivity index is 1.65. The highest BCUT2D eigenvalue weighted by atomic mass is 32.2. The largest absolute Gasteiger partial charge is 0.573 e. The lowest BCUT2D eigenvalue weighted by molar-refractivity contribution is -0.274. The molecule has 1 atom stereocenters. The predicted octanol–water partition coefficient (Wildman–Crippen LogP) is 3.84. The first-order chi connectivity index (χ1) is 14.1. The third kappa shape index (κ3) is 5.33. The minimum atomic E-state index is -4.78. The highest BCUT2D eigenvalue weighted by molar-refractivity contribution is 7.89. The minimum absolute atomic E-state index is 0.172. The lowest BCUT2D eigenvalue weighted by Gasteiger charge is -2.24. The fraction of sp³-hybridized carbons (Fsp3) is 0.421. The number of benzene rings is 1. The molecule has 1 N–H and O–H groups in total. The van der Waals surface area contributed by atoms with Crippen LogP contribution in [0.25, 0.3) is 0 Å². The molecule has 1 fully saturated rings. The topological polar surface area (TPSA) is 88.9 Å². The molecular weight excluding hydrogens is 425 g/mol. The van der Waals surface area contributed by atoms with Crippen LogP contribution in [0.15, 0.2) is 45.9 Å². The Hall–Kier alpha value is -2.53. The van der Waals surface area contributed by atoms with E-state index in [9.17, 15) is 26.4 Å². The van der Waals surface area contributed by atoms with E-state index < -0.39 is 28.3 Å². The summed E-state index contributed by atoms with van der Waals surface area (Å²) in [5.74, 6) is -1.18. The first kappa shape index (κ1) is 22.2. The van der Waals surface area contributed by atoms with Crippen LogP contribution in [0.2, 0.25) is 0 Å². The zero-order valence-electron chi connectivity index (χ0n) is 16.1. The number of hydrogen-bond acceptors (Lipinski definition) is 5. The van der Waals surface area contributed by atoms with E-state index in [0.29, 0.717) is 18.7 Å². The van der Waals surface area contributed by atoms with E-state index in [2.05, 4.69) is 10.1 Å². The van der Waals surface area contributed by atoms with E-state index in [1.54, 1.807) is 6.92 Å². The summed E-state index contributed by atoms with van der Waals surface area (Å²) < 4.78 is 72.3. The lowest BCUT2D eigenvalue weighted by atomic mass is 10.1. The summed E-state index contributed by atoms with van der Waals surface area (Å²) in [6.45, 7) is 2.46. The second-order valence-electron chi connectivity index (χ2n) is 6.90. The van der Waals surface area contributed by atoms with Crippen molar-refractivity contribution in [2.75, 3.05) is 13.1 Å². The van der Waals surface area contributed by atoms with Gasteiger partial charge in [0.25, 0.3) is 15.9 Å². The SMILES string of the molecule is CC(NC(=O)c1ccc(S(=O)(=O)N2CCCCC2)o1)c1ccc(OC(F)(F)F)cc1. The summed E-state index contributed by atoms with van der Waals surface area (Å²) in [4.78, 5) is 12.4. The van der Waals surface area contributed by atoms with Crippen LogP contribution in [-0.2, 0) is 10.0 Å².